The number of hydrogen-bond acceptors (Lipinski definition) is 8. The fraction of sp³-hybridized carbons (Fsp3) is 0.154. The lowest BCUT2D eigenvalue weighted by Crippen LogP contribution is -2.03. The van der Waals surface area contributed by atoms with Crippen molar-refractivity contribution in [1.82, 2.24) is 9.97 Å². The summed E-state index contributed by atoms with van der Waals surface area (Å²) in [4.78, 5) is 31.2. The van der Waals surface area contributed by atoms with Crippen molar-refractivity contribution in [3.05, 3.63) is 82.4 Å². The van der Waals surface area contributed by atoms with Gasteiger partial charge in [-0.15, -0.1) is 0 Å². The Balaban J connectivity index is 1.97. The maximum absolute atomic E-state index is 11.5. The molecule has 0 N–H and O–H groups in total. The zero-order valence-corrected chi connectivity index (χ0v) is 19.0. The molecule has 2 aromatic heterocycles. The van der Waals surface area contributed by atoms with Crippen molar-refractivity contribution in [2.45, 2.75) is 0 Å². The third-order valence-corrected chi connectivity index (χ3v) is 4.52. The molecule has 34 heavy (non-hydrogen) atoms. The summed E-state index contributed by atoms with van der Waals surface area (Å²) in [6, 6.07) is 9.88. The Morgan fingerprint density at radius 2 is 1.06 bits per heavy atom. The van der Waals surface area contributed by atoms with E-state index in [2.05, 4.69) is 43.1 Å². The molecule has 0 saturated heterocycles. The minimum Gasteiger partial charge on any atom is -0.493 e. The fourth-order valence-corrected chi connectivity index (χ4v) is 2.75. The number of pyridine rings is 2. The summed E-state index contributed by atoms with van der Waals surface area (Å²) in [5, 5.41) is 0. The van der Waals surface area contributed by atoms with Gasteiger partial charge in [-0.05, 0) is 24.3 Å². The highest BCUT2D eigenvalue weighted by atomic mass is 16.5. The highest BCUT2D eigenvalue weighted by Crippen LogP contribution is 2.30. The number of carbonyl (C=O) groups is 2. The standard InChI is InChI=1S/C26H20N2O6/c1-31-23-13-19(9-5-17-7-11-21(27-15-17)25(29)33-3)20(14-24(23)32-2)10-6-18-8-12-22(28-16-18)26(30)34-4/h7-8,11-16H,1-4H3. The lowest BCUT2D eigenvalue weighted by molar-refractivity contribution is 0.0585. The van der Waals surface area contributed by atoms with Gasteiger partial charge in [0.25, 0.3) is 0 Å². The molecule has 0 aliphatic carbocycles. The second-order valence-electron chi connectivity index (χ2n) is 6.60. The normalized spacial score (nSPS) is 9.53. The first-order chi connectivity index (χ1) is 16.5. The van der Waals surface area contributed by atoms with Gasteiger partial charge >= 0.3 is 11.9 Å². The van der Waals surface area contributed by atoms with E-state index in [1.165, 1.54) is 53.0 Å². The topological polar surface area (TPSA) is 96.8 Å². The second-order valence-corrected chi connectivity index (χ2v) is 6.60. The molecule has 1 aromatic carbocycles. The Labute approximate surface area is 196 Å². The van der Waals surface area contributed by atoms with Crippen LogP contribution in [0, 0.1) is 23.7 Å². The Morgan fingerprint density at radius 1 is 0.647 bits per heavy atom. The first kappa shape index (κ1) is 23.8. The molecule has 0 saturated carbocycles. The predicted octanol–water partition coefficient (Wildman–Crippen LogP) is 2.87. The van der Waals surface area contributed by atoms with E-state index in [0.717, 1.165) is 0 Å². The summed E-state index contributed by atoms with van der Waals surface area (Å²) >= 11 is 0. The zero-order valence-electron chi connectivity index (χ0n) is 19.0. The SMILES string of the molecule is COC(=O)c1ccc(C#Cc2cc(OC)c(OC)cc2C#Cc2ccc(C(=O)OC)nc2)cn1. The van der Waals surface area contributed by atoms with Crippen LogP contribution in [-0.4, -0.2) is 50.3 Å². The number of hydrogen-bond donors (Lipinski definition) is 0. The number of aromatic nitrogens is 2. The van der Waals surface area contributed by atoms with Gasteiger partial charge in [0.05, 0.1) is 28.4 Å². The highest BCUT2D eigenvalue weighted by molar-refractivity contribution is 5.87. The van der Waals surface area contributed by atoms with Crippen LogP contribution in [0.3, 0.4) is 0 Å². The first-order valence-electron chi connectivity index (χ1n) is 9.87. The fourth-order valence-electron chi connectivity index (χ4n) is 2.75. The van der Waals surface area contributed by atoms with E-state index in [1.807, 2.05) is 0 Å². The van der Waals surface area contributed by atoms with Gasteiger partial charge in [-0.1, -0.05) is 23.7 Å². The molecule has 8 heteroatoms. The Kier molecular flexibility index (Phi) is 7.83. The molecule has 0 radical (unpaired) electrons. The van der Waals surface area contributed by atoms with Crippen LogP contribution in [0.2, 0.25) is 0 Å². The summed E-state index contributed by atoms with van der Waals surface area (Å²) in [7, 11) is 5.65. The summed E-state index contributed by atoms with van der Waals surface area (Å²) < 4.78 is 20.1. The highest BCUT2D eigenvalue weighted by Gasteiger charge is 2.10. The first-order valence-corrected chi connectivity index (χ1v) is 9.87. The molecule has 0 bridgehead atoms. The van der Waals surface area contributed by atoms with E-state index in [1.54, 1.807) is 24.3 Å². The Morgan fingerprint density at radius 3 is 1.35 bits per heavy atom. The minimum absolute atomic E-state index is 0.192. The quantitative estimate of drug-likeness (QED) is 0.437. The summed E-state index contributed by atoms with van der Waals surface area (Å²) in [5.41, 5.74) is 2.78. The van der Waals surface area contributed by atoms with E-state index < -0.39 is 11.9 Å². The van der Waals surface area contributed by atoms with Gasteiger partial charge in [0.1, 0.15) is 11.4 Å². The average Bonchev–Trinajstić information content (AvgIpc) is 2.90. The number of nitrogens with zero attached hydrogens (tertiary/aromatic N) is 2. The number of carbonyl (C=O) groups excluding carboxylic acids is 2. The van der Waals surface area contributed by atoms with Gasteiger partial charge in [0.2, 0.25) is 0 Å². The van der Waals surface area contributed by atoms with Crippen molar-refractivity contribution in [3.8, 4) is 35.2 Å². The van der Waals surface area contributed by atoms with Crippen molar-refractivity contribution in [2.75, 3.05) is 28.4 Å². The predicted molar refractivity (Wildman–Crippen MR) is 123 cm³/mol. The number of benzene rings is 1. The lowest BCUT2D eigenvalue weighted by Gasteiger charge is -2.09. The molecular weight excluding hydrogens is 436 g/mol. The summed E-state index contributed by atoms with van der Waals surface area (Å²) in [6.45, 7) is 0. The molecule has 3 rings (SSSR count). The monoisotopic (exact) mass is 456 g/mol. The van der Waals surface area contributed by atoms with Gasteiger partial charge in [-0.2, -0.15) is 0 Å². The largest absolute Gasteiger partial charge is 0.493 e. The second kappa shape index (κ2) is 11.2. The average molecular weight is 456 g/mol. The van der Waals surface area contributed by atoms with Crippen molar-refractivity contribution in [3.63, 3.8) is 0 Å². The Hall–Kier alpha value is -4.82. The van der Waals surface area contributed by atoms with E-state index in [-0.39, 0.29) is 11.4 Å². The van der Waals surface area contributed by atoms with Crippen molar-refractivity contribution >= 4 is 11.9 Å². The van der Waals surface area contributed by atoms with Crippen LogP contribution in [0.1, 0.15) is 43.2 Å². The van der Waals surface area contributed by atoms with E-state index in [4.69, 9.17) is 9.47 Å². The van der Waals surface area contributed by atoms with Crippen LogP contribution in [0.5, 0.6) is 11.5 Å². The summed E-state index contributed by atoms with van der Waals surface area (Å²) in [5.74, 6) is 12.1. The molecule has 170 valence electrons. The lowest BCUT2D eigenvalue weighted by atomic mass is 10.1. The number of methoxy groups -OCH3 is 4. The molecule has 2 heterocycles. The molecule has 0 atom stereocenters. The molecule has 3 aromatic rings. The van der Waals surface area contributed by atoms with Crippen LogP contribution >= 0.6 is 0 Å². The third kappa shape index (κ3) is 5.70. The van der Waals surface area contributed by atoms with Crippen molar-refractivity contribution in [1.29, 1.82) is 0 Å². The van der Waals surface area contributed by atoms with Gasteiger partial charge in [-0.25, -0.2) is 19.6 Å². The molecule has 0 aliphatic rings. The molecular formula is C26H20N2O6. The maximum atomic E-state index is 11.5. The zero-order chi connectivity index (χ0) is 24.5. The Bertz CT molecular complexity index is 1220. The van der Waals surface area contributed by atoms with Gasteiger partial charge in [-0.3, -0.25) is 0 Å². The van der Waals surface area contributed by atoms with Crippen LogP contribution in [0.25, 0.3) is 0 Å². The van der Waals surface area contributed by atoms with Crippen LogP contribution in [0.4, 0.5) is 0 Å². The number of rotatable bonds is 4. The van der Waals surface area contributed by atoms with Crippen molar-refractivity contribution < 1.29 is 28.5 Å². The van der Waals surface area contributed by atoms with Gasteiger partial charge in [0.15, 0.2) is 11.5 Å². The number of ether oxygens (including phenoxy) is 4. The van der Waals surface area contributed by atoms with Gasteiger partial charge < -0.3 is 18.9 Å². The maximum Gasteiger partial charge on any atom is 0.356 e. The molecule has 0 spiro atoms. The van der Waals surface area contributed by atoms with E-state index in [0.29, 0.717) is 33.8 Å². The van der Waals surface area contributed by atoms with Crippen molar-refractivity contribution in [2.24, 2.45) is 0 Å². The van der Waals surface area contributed by atoms with Crippen LogP contribution < -0.4 is 9.47 Å². The molecule has 0 aliphatic heterocycles. The smallest absolute Gasteiger partial charge is 0.356 e. The van der Waals surface area contributed by atoms with E-state index >= 15 is 0 Å². The van der Waals surface area contributed by atoms with Gasteiger partial charge in [0, 0.05) is 46.8 Å². The third-order valence-electron chi connectivity index (χ3n) is 4.52. The number of esters is 2. The molecule has 0 amide bonds. The molecule has 8 nitrogen and oxygen atoms in total. The van der Waals surface area contributed by atoms with Crippen LogP contribution in [-0.2, 0) is 9.47 Å². The minimum atomic E-state index is -0.522. The van der Waals surface area contributed by atoms with E-state index in [9.17, 15) is 9.59 Å². The molecule has 0 unspecified atom stereocenters. The molecule has 0 fully saturated rings. The van der Waals surface area contributed by atoms with Crippen LogP contribution in [0.15, 0.2) is 48.8 Å². The summed E-state index contributed by atoms with van der Waals surface area (Å²) in [6.07, 6.45) is 2.97.